The summed E-state index contributed by atoms with van der Waals surface area (Å²) in [6, 6.07) is 16.8. The molecule has 0 unspecified atom stereocenters. The highest BCUT2D eigenvalue weighted by Gasteiger charge is 2.19. The number of aromatic nitrogens is 1. The summed E-state index contributed by atoms with van der Waals surface area (Å²) in [5.41, 5.74) is 0.991. The highest BCUT2D eigenvalue weighted by atomic mass is 79.9. The number of halogens is 1. The number of oxazole rings is 1. The maximum Gasteiger partial charge on any atom is 0.360 e. The second-order valence-corrected chi connectivity index (χ2v) is 6.14. The quantitative estimate of drug-likeness (QED) is 0.444. The first-order chi connectivity index (χ1) is 12.1. The van der Waals surface area contributed by atoms with Gasteiger partial charge in [-0.1, -0.05) is 34.1 Å². The molecule has 0 bridgehead atoms. The van der Waals surface area contributed by atoms with Crippen molar-refractivity contribution >= 4 is 21.9 Å². The fourth-order valence-electron chi connectivity index (χ4n) is 2.18. The molecule has 3 rings (SSSR count). The molecule has 1 heterocycles. The molecule has 0 radical (unpaired) electrons. The molecule has 0 fully saturated rings. The third-order valence-corrected chi connectivity index (χ3v) is 3.94. The average molecular weight is 402 g/mol. The van der Waals surface area contributed by atoms with Gasteiger partial charge in [0.15, 0.2) is 5.69 Å². The molecule has 25 heavy (non-hydrogen) atoms. The third kappa shape index (κ3) is 4.48. The predicted molar refractivity (Wildman–Crippen MR) is 96.6 cm³/mol. The Balaban J connectivity index is 1.55. The van der Waals surface area contributed by atoms with E-state index in [0.717, 1.165) is 10.0 Å². The van der Waals surface area contributed by atoms with E-state index in [9.17, 15) is 4.79 Å². The Hall–Kier alpha value is -2.60. The number of carbonyl (C=O) groups is 1. The molecule has 0 amide bonds. The van der Waals surface area contributed by atoms with E-state index in [1.807, 2.05) is 54.6 Å². The maximum absolute atomic E-state index is 12.2. The van der Waals surface area contributed by atoms with Crippen molar-refractivity contribution in [2.24, 2.45) is 0 Å². The molecular formula is C19H16BrNO4. The summed E-state index contributed by atoms with van der Waals surface area (Å²) in [5, 5.41) is 0. The van der Waals surface area contributed by atoms with Crippen LogP contribution in [0, 0.1) is 6.92 Å². The molecule has 0 aliphatic heterocycles. The first-order valence-electron chi connectivity index (χ1n) is 7.72. The van der Waals surface area contributed by atoms with Crippen LogP contribution in [-0.2, 0) is 4.74 Å². The number of benzene rings is 2. The number of hydrogen-bond donors (Lipinski definition) is 0. The lowest BCUT2D eigenvalue weighted by atomic mass is 10.2. The number of carbonyl (C=O) groups excluding carboxylic acids is 1. The summed E-state index contributed by atoms with van der Waals surface area (Å²) in [5.74, 6) is 1.01. The molecule has 0 aliphatic rings. The number of rotatable bonds is 6. The van der Waals surface area contributed by atoms with Crippen molar-refractivity contribution in [2.45, 2.75) is 6.92 Å². The molecule has 1 aromatic heterocycles. The van der Waals surface area contributed by atoms with E-state index in [-0.39, 0.29) is 18.9 Å². The largest absolute Gasteiger partial charge is 0.490 e. The van der Waals surface area contributed by atoms with Crippen molar-refractivity contribution in [1.29, 1.82) is 0 Å². The normalized spacial score (nSPS) is 10.5. The van der Waals surface area contributed by atoms with E-state index in [1.165, 1.54) is 0 Å². The molecule has 128 valence electrons. The third-order valence-electron chi connectivity index (χ3n) is 3.41. The minimum absolute atomic E-state index is 0.127. The Labute approximate surface area is 153 Å². The van der Waals surface area contributed by atoms with Crippen LogP contribution in [0.3, 0.4) is 0 Å². The van der Waals surface area contributed by atoms with Gasteiger partial charge in [-0.2, -0.15) is 0 Å². The first kappa shape index (κ1) is 17.2. The summed E-state index contributed by atoms with van der Waals surface area (Å²) in [7, 11) is 0. The van der Waals surface area contributed by atoms with Gasteiger partial charge in [0.05, 0.1) is 0 Å². The monoisotopic (exact) mass is 401 g/mol. The smallest absolute Gasteiger partial charge is 0.360 e. The van der Waals surface area contributed by atoms with Gasteiger partial charge >= 0.3 is 5.97 Å². The highest BCUT2D eigenvalue weighted by molar-refractivity contribution is 9.10. The van der Waals surface area contributed by atoms with Crippen molar-refractivity contribution in [3.05, 3.63) is 70.5 Å². The summed E-state index contributed by atoms with van der Waals surface area (Å²) < 4.78 is 17.3. The summed E-state index contributed by atoms with van der Waals surface area (Å²) in [6.07, 6.45) is 0. The predicted octanol–water partition coefficient (Wildman–Crippen LogP) is 4.65. The molecule has 5 nitrogen and oxygen atoms in total. The van der Waals surface area contributed by atoms with Gasteiger partial charge in [-0.15, -0.1) is 0 Å². The molecule has 0 aliphatic carbocycles. The van der Waals surface area contributed by atoms with Gasteiger partial charge in [0.25, 0.3) is 0 Å². The molecule has 2 aromatic carbocycles. The molecule has 0 atom stereocenters. The Morgan fingerprint density at radius 3 is 2.52 bits per heavy atom. The first-order valence-corrected chi connectivity index (χ1v) is 8.51. The Morgan fingerprint density at radius 2 is 1.80 bits per heavy atom. The Kier molecular flexibility index (Phi) is 5.50. The lowest BCUT2D eigenvalue weighted by Crippen LogP contribution is -2.13. The minimum atomic E-state index is -0.525. The lowest BCUT2D eigenvalue weighted by molar-refractivity contribution is 0.0442. The number of hydrogen-bond acceptors (Lipinski definition) is 5. The number of ether oxygens (including phenoxy) is 2. The van der Waals surface area contributed by atoms with Gasteiger partial charge in [-0.05, 0) is 43.3 Å². The van der Waals surface area contributed by atoms with Gasteiger partial charge < -0.3 is 13.9 Å². The zero-order valence-electron chi connectivity index (χ0n) is 13.6. The number of aryl methyl sites for hydroxylation is 1. The van der Waals surface area contributed by atoms with Crippen LogP contribution in [0.2, 0.25) is 0 Å². The highest BCUT2D eigenvalue weighted by Crippen LogP contribution is 2.22. The zero-order valence-corrected chi connectivity index (χ0v) is 15.2. The average Bonchev–Trinajstić information content (AvgIpc) is 3.03. The van der Waals surface area contributed by atoms with Crippen LogP contribution in [0.4, 0.5) is 0 Å². The van der Waals surface area contributed by atoms with Crippen LogP contribution >= 0.6 is 15.9 Å². The molecule has 0 spiro atoms. The van der Waals surface area contributed by atoms with Crippen molar-refractivity contribution in [3.63, 3.8) is 0 Å². The van der Waals surface area contributed by atoms with Gasteiger partial charge in [0, 0.05) is 10.0 Å². The van der Waals surface area contributed by atoms with E-state index in [1.54, 1.807) is 6.92 Å². The fraction of sp³-hybridized carbons (Fsp3) is 0.158. The van der Waals surface area contributed by atoms with Gasteiger partial charge in [-0.3, -0.25) is 0 Å². The maximum atomic E-state index is 12.2. The summed E-state index contributed by atoms with van der Waals surface area (Å²) in [6.45, 7) is 2.08. The molecule has 0 N–H and O–H groups in total. The minimum Gasteiger partial charge on any atom is -0.490 e. The van der Waals surface area contributed by atoms with Crippen LogP contribution in [0.25, 0.3) is 11.5 Å². The molecule has 0 saturated heterocycles. The second-order valence-electron chi connectivity index (χ2n) is 5.23. The van der Waals surface area contributed by atoms with Gasteiger partial charge in [-0.25, -0.2) is 9.78 Å². The lowest BCUT2D eigenvalue weighted by Gasteiger charge is -2.06. The van der Waals surface area contributed by atoms with E-state index < -0.39 is 5.97 Å². The molecule has 0 saturated carbocycles. The van der Waals surface area contributed by atoms with E-state index in [2.05, 4.69) is 20.9 Å². The van der Waals surface area contributed by atoms with Crippen molar-refractivity contribution in [3.8, 4) is 17.2 Å². The Bertz CT molecular complexity index is 844. The van der Waals surface area contributed by atoms with Crippen molar-refractivity contribution < 1.29 is 18.7 Å². The van der Waals surface area contributed by atoms with Crippen LogP contribution in [-0.4, -0.2) is 24.2 Å². The van der Waals surface area contributed by atoms with Crippen LogP contribution in [0.15, 0.2) is 63.5 Å². The number of nitrogens with zero attached hydrogens (tertiary/aromatic N) is 1. The summed E-state index contributed by atoms with van der Waals surface area (Å²) in [4.78, 5) is 16.4. The second kappa shape index (κ2) is 7.98. The van der Waals surface area contributed by atoms with Crippen molar-refractivity contribution in [2.75, 3.05) is 13.2 Å². The van der Waals surface area contributed by atoms with E-state index >= 15 is 0 Å². The molecule has 6 heteroatoms. The fourth-order valence-corrected chi connectivity index (χ4v) is 2.45. The van der Waals surface area contributed by atoms with E-state index in [0.29, 0.717) is 17.4 Å². The topological polar surface area (TPSA) is 61.6 Å². The van der Waals surface area contributed by atoms with Crippen LogP contribution in [0.5, 0.6) is 5.75 Å². The standard InChI is InChI=1S/C19H16BrNO4/c1-13-17(21-18(25-13)14-5-3-2-4-6-14)19(22)24-12-11-23-16-9-7-15(20)8-10-16/h2-10H,11-12H2,1H3. The SMILES string of the molecule is Cc1oc(-c2ccccc2)nc1C(=O)OCCOc1ccc(Br)cc1. The number of esters is 1. The van der Waals surface area contributed by atoms with Gasteiger partial charge in [0.2, 0.25) is 5.89 Å². The van der Waals surface area contributed by atoms with E-state index in [4.69, 9.17) is 13.9 Å². The van der Waals surface area contributed by atoms with Crippen LogP contribution < -0.4 is 4.74 Å². The van der Waals surface area contributed by atoms with Crippen LogP contribution in [0.1, 0.15) is 16.2 Å². The Morgan fingerprint density at radius 1 is 1.08 bits per heavy atom. The van der Waals surface area contributed by atoms with Crippen molar-refractivity contribution in [1.82, 2.24) is 4.98 Å². The van der Waals surface area contributed by atoms with Gasteiger partial charge in [0.1, 0.15) is 24.7 Å². The molecular weight excluding hydrogens is 386 g/mol. The summed E-state index contributed by atoms with van der Waals surface area (Å²) >= 11 is 3.36. The zero-order chi connectivity index (χ0) is 17.6. The molecule has 3 aromatic rings.